The Bertz CT molecular complexity index is 519. The number of carbonyl (C=O) groups is 2. The summed E-state index contributed by atoms with van der Waals surface area (Å²) in [6.07, 6.45) is 4.66. The molecule has 0 aromatic heterocycles. The minimum atomic E-state index is 0.00156. The van der Waals surface area contributed by atoms with Crippen LogP contribution in [-0.2, 0) is 9.59 Å². The maximum Gasteiger partial charge on any atom is 0.159 e. The van der Waals surface area contributed by atoms with E-state index < -0.39 is 0 Å². The molecule has 0 fully saturated rings. The van der Waals surface area contributed by atoms with Crippen LogP contribution in [0.15, 0.2) is 22.3 Å². The van der Waals surface area contributed by atoms with Crippen LogP contribution in [0.5, 0.6) is 0 Å². The van der Waals surface area contributed by atoms with Crippen molar-refractivity contribution in [2.24, 2.45) is 10.8 Å². The number of hydrogen-bond donors (Lipinski definition) is 0. The van der Waals surface area contributed by atoms with E-state index in [-0.39, 0.29) is 22.4 Å². The number of rotatable bonds is 3. The first-order chi connectivity index (χ1) is 10.1. The van der Waals surface area contributed by atoms with Crippen molar-refractivity contribution in [1.29, 1.82) is 0 Å². The molecule has 2 nitrogen and oxygen atoms in total. The van der Waals surface area contributed by atoms with E-state index in [1.165, 1.54) is 11.1 Å². The summed E-state index contributed by atoms with van der Waals surface area (Å²) in [5.41, 5.74) is 4.35. The van der Waals surface area contributed by atoms with Gasteiger partial charge >= 0.3 is 0 Å². The average Bonchev–Trinajstić information content (AvgIpc) is 2.35. The van der Waals surface area contributed by atoms with Crippen LogP contribution in [0, 0.1) is 10.8 Å². The van der Waals surface area contributed by atoms with Gasteiger partial charge in [-0.3, -0.25) is 9.59 Å². The van der Waals surface area contributed by atoms with Crippen LogP contribution in [0.4, 0.5) is 0 Å². The third-order valence-electron chi connectivity index (χ3n) is 5.06. The van der Waals surface area contributed by atoms with Crippen molar-refractivity contribution in [1.82, 2.24) is 0 Å². The highest BCUT2D eigenvalue weighted by Crippen LogP contribution is 2.47. The van der Waals surface area contributed by atoms with Gasteiger partial charge in [0.1, 0.15) is 0 Å². The first kappa shape index (κ1) is 17.2. The van der Waals surface area contributed by atoms with Crippen LogP contribution >= 0.6 is 0 Å². The number of allylic oxidation sites excluding steroid dienone is 4. The molecule has 0 aromatic carbocycles. The minimum Gasteiger partial charge on any atom is -0.295 e. The Hall–Kier alpha value is -1.18. The van der Waals surface area contributed by atoms with E-state index in [2.05, 4.69) is 41.5 Å². The predicted octanol–water partition coefficient (Wildman–Crippen LogP) is 5.18. The molecule has 0 bridgehead atoms. The molecular formula is C20H30O2. The average molecular weight is 302 g/mol. The number of ketones is 2. The smallest absolute Gasteiger partial charge is 0.159 e. The predicted molar refractivity (Wildman–Crippen MR) is 90.7 cm³/mol. The highest BCUT2D eigenvalue weighted by atomic mass is 16.1. The molecule has 2 rings (SSSR count). The Morgan fingerprint density at radius 3 is 1.27 bits per heavy atom. The minimum absolute atomic E-state index is 0.00156. The van der Waals surface area contributed by atoms with Crippen molar-refractivity contribution in [2.75, 3.05) is 0 Å². The summed E-state index contributed by atoms with van der Waals surface area (Å²) < 4.78 is 0. The second-order valence-electron chi connectivity index (χ2n) is 8.50. The number of carbonyl (C=O) groups excluding carboxylic acids is 2. The summed E-state index contributed by atoms with van der Waals surface area (Å²) in [7, 11) is 0. The van der Waals surface area contributed by atoms with Crippen LogP contribution in [0.25, 0.3) is 0 Å². The Morgan fingerprint density at radius 1 is 0.682 bits per heavy atom. The van der Waals surface area contributed by atoms with Gasteiger partial charge in [-0.15, -0.1) is 0 Å². The van der Waals surface area contributed by atoms with Gasteiger partial charge in [-0.1, -0.05) is 41.5 Å². The van der Waals surface area contributed by atoms with Crippen LogP contribution in [0.2, 0.25) is 0 Å². The molecule has 2 heteroatoms. The molecule has 0 saturated carbocycles. The summed E-state index contributed by atoms with van der Waals surface area (Å²) in [4.78, 5) is 25.1. The molecular weight excluding hydrogens is 272 g/mol. The second-order valence-corrected chi connectivity index (χ2v) is 8.50. The zero-order chi connectivity index (χ0) is 16.7. The lowest BCUT2D eigenvalue weighted by Gasteiger charge is -2.38. The molecule has 0 aromatic rings. The fourth-order valence-corrected chi connectivity index (χ4v) is 4.11. The largest absolute Gasteiger partial charge is 0.295 e. The third-order valence-corrected chi connectivity index (χ3v) is 5.06. The quantitative estimate of drug-likeness (QED) is 0.720. The molecule has 0 saturated heterocycles. The van der Waals surface area contributed by atoms with E-state index in [9.17, 15) is 9.59 Å². The van der Waals surface area contributed by atoms with Crippen molar-refractivity contribution in [2.45, 2.75) is 80.1 Å². The van der Waals surface area contributed by atoms with Crippen molar-refractivity contribution in [3.8, 4) is 0 Å². The maximum absolute atomic E-state index is 12.6. The van der Waals surface area contributed by atoms with E-state index in [1.807, 2.05) is 0 Å². The zero-order valence-electron chi connectivity index (χ0n) is 15.1. The molecule has 22 heavy (non-hydrogen) atoms. The Kier molecular flexibility index (Phi) is 4.52. The van der Waals surface area contributed by atoms with Gasteiger partial charge in [-0.05, 0) is 58.8 Å². The van der Waals surface area contributed by atoms with Gasteiger partial charge in [0.25, 0.3) is 0 Å². The zero-order valence-corrected chi connectivity index (χ0v) is 15.1. The summed E-state index contributed by atoms with van der Waals surface area (Å²) >= 11 is 0. The maximum atomic E-state index is 12.6. The molecule has 2 aliphatic rings. The summed E-state index contributed by atoms with van der Waals surface area (Å²) in [5, 5.41) is 0. The van der Waals surface area contributed by atoms with E-state index in [4.69, 9.17) is 0 Å². The Morgan fingerprint density at radius 2 is 1.00 bits per heavy atom. The first-order valence-electron chi connectivity index (χ1n) is 8.61. The topological polar surface area (TPSA) is 34.1 Å². The lowest BCUT2D eigenvalue weighted by molar-refractivity contribution is -0.119. The van der Waals surface area contributed by atoms with Crippen molar-refractivity contribution >= 4 is 11.6 Å². The van der Waals surface area contributed by atoms with Gasteiger partial charge in [0.05, 0.1) is 0 Å². The molecule has 0 aliphatic heterocycles. The molecule has 0 N–H and O–H groups in total. The number of hydrogen-bond acceptors (Lipinski definition) is 2. The van der Waals surface area contributed by atoms with E-state index in [1.54, 1.807) is 0 Å². The van der Waals surface area contributed by atoms with Crippen LogP contribution < -0.4 is 0 Å². The SMILES string of the molecule is CCC1=C(C2=C(CC)C(=O)CC(C)(C)C2)CC(C)(C)CC1=O. The standard InChI is InChI=1S/C20H30O2/c1-7-13-15(9-19(3,4)11-17(13)21)16-10-20(5,6)12-18(22)14(16)8-2/h7-12H2,1-6H3. The molecule has 0 spiro atoms. The lowest BCUT2D eigenvalue weighted by atomic mass is 9.65. The van der Waals surface area contributed by atoms with Gasteiger partial charge in [0.15, 0.2) is 11.6 Å². The van der Waals surface area contributed by atoms with Crippen LogP contribution in [0.1, 0.15) is 80.1 Å². The van der Waals surface area contributed by atoms with E-state index in [0.717, 1.165) is 36.8 Å². The van der Waals surface area contributed by atoms with E-state index in [0.29, 0.717) is 12.8 Å². The third kappa shape index (κ3) is 3.26. The van der Waals surface area contributed by atoms with Gasteiger partial charge < -0.3 is 0 Å². The van der Waals surface area contributed by atoms with Gasteiger partial charge in [-0.25, -0.2) is 0 Å². The molecule has 0 amide bonds. The highest BCUT2D eigenvalue weighted by Gasteiger charge is 2.38. The van der Waals surface area contributed by atoms with Crippen LogP contribution in [-0.4, -0.2) is 11.6 Å². The molecule has 0 atom stereocenters. The van der Waals surface area contributed by atoms with Crippen molar-refractivity contribution < 1.29 is 9.59 Å². The van der Waals surface area contributed by atoms with Gasteiger partial charge in [0, 0.05) is 12.8 Å². The Balaban J connectivity index is 2.63. The fourth-order valence-electron chi connectivity index (χ4n) is 4.11. The number of Topliss-reactive ketones (excluding diaryl/α,β-unsaturated/α-hetero) is 2. The molecule has 2 aliphatic carbocycles. The van der Waals surface area contributed by atoms with Crippen molar-refractivity contribution in [3.05, 3.63) is 22.3 Å². The van der Waals surface area contributed by atoms with Crippen molar-refractivity contribution in [3.63, 3.8) is 0 Å². The molecule has 0 unspecified atom stereocenters. The second kappa shape index (κ2) is 5.79. The molecule has 122 valence electrons. The molecule has 0 radical (unpaired) electrons. The molecule has 0 heterocycles. The highest BCUT2D eigenvalue weighted by molar-refractivity contribution is 6.01. The summed E-state index contributed by atoms with van der Waals surface area (Å²) in [6, 6.07) is 0. The monoisotopic (exact) mass is 302 g/mol. The summed E-state index contributed by atoms with van der Waals surface area (Å²) in [5.74, 6) is 0.570. The lowest BCUT2D eigenvalue weighted by Crippen LogP contribution is -2.31. The fraction of sp³-hybridized carbons (Fsp3) is 0.700. The Labute approximate surface area is 135 Å². The van der Waals surface area contributed by atoms with Gasteiger partial charge in [-0.2, -0.15) is 0 Å². The van der Waals surface area contributed by atoms with E-state index >= 15 is 0 Å². The summed E-state index contributed by atoms with van der Waals surface area (Å²) in [6.45, 7) is 12.8. The normalized spacial score (nSPS) is 25.0. The first-order valence-corrected chi connectivity index (χ1v) is 8.61. The van der Waals surface area contributed by atoms with Crippen LogP contribution in [0.3, 0.4) is 0 Å². The van der Waals surface area contributed by atoms with Gasteiger partial charge in [0.2, 0.25) is 0 Å².